The van der Waals surface area contributed by atoms with Gasteiger partial charge in [-0.25, -0.2) is 8.91 Å². The monoisotopic (exact) mass is 711 g/mol. The molecule has 3 heterocycles. The van der Waals surface area contributed by atoms with Gasteiger partial charge < -0.3 is 29.2 Å². The molecule has 14 atom stereocenters. The maximum Gasteiger partial charge on any atom is 0.362 e. The van der Waals surface area contributed by atoms with Crippen molar-refractivity contribution >= 4 is 16.2 Å². The molecule has 12 heteroatoms. The number of carbonyl (C=O) groups excluding carboxylic acids is 1. The van der Waals surface area contributed by atoms with E-state index in [9.17, 15) is 23.4 Å². The first kappa shape index (κ1) is 36.5. The minimum Gasteiger partial charge on any atom is -0.393 e. The fourth-order valence-electron chi connectivity index (χ4n) is 12.6. The van der Waals surface area contributed by atoms with Crippen LogP contribution in [0.2, 0.25) is 0 Å². The van der Waals surface area contributed by atoms with Gasteiger partial charge in [-0.15, -0.1) is 0 Å². The predicted molar refractivity (Wildman–Crippen MR) is 180 cm³/mol. The summed E-state index contributed by atoms with van der Waals surface area (Å²) < 4.78 is 58.3. The molecular formula is C37H61NO10S. The van der Waals surface area contributed by atoms with Crippen molar-refractivity contribution in [2.45, 2.75) is 161 Å². The molecule has 4 aliphatic carbocycles. The van der Waals surface area contributed by atoms with Gasteiger partial charge in [0.25, 0.3) is 0 Å². The zero-order valence-corrected chi connectivity index (χ0v) is 31.4. The van der Waals surface area contributed by atoms with Crippen molar-refractivity contribution in [1.82, 2.24) is 4.72 Å². The van der Waals surface area contributed by atoms with Crippen molar-refractivity contribution in [3.05, 3.63) is 0 Å². The van der Waals surface area contributed by atoms with Gasteiger partial charge in [0.2, 0.25) is 5.91 Å². The summed E-state index contributed by atoms with van der Waals surface area (Å²) in [6, 6.07) is 0. The number of aliphatic hydroxyl groups is 2. The lowest BCUT2D eigenvalue weighted by Crippen LogP contribution is -2.58. The Morgan fingerprint density at radius 2 is 1.65 bits per heavy atom. The van der Waals surface area contributed by atoms with E-state index >= 15 is 0 Å². The van der Waals surface area contributed by atoms with Crippen LogP contribution in [0.25, 0.3) is 0 Å². The molecular weight excluding hydrogens is 650 g/mol. The summed E-state index contributed by atoms with van der Waals surface area (Å²) in [5.74, 6) is -0.788. The van der Waals surface area contributed by atoms with Crippen molar-refractivity contribution in [2.24, 2.45) is 52.3 Å². The Bertz CT molecular complexity index is 1390. The molecule has 7 rings (SSSR count). The number of carbonyl (C=O) groups is 1. The first-order valence-electron chi connectivity index (χ1n) is 19.0. The maximum atomic E-state index is 13.1. The fourth-order valence-corrected chi connectivity index (χ4v) is 13.4. The van der Waals surface area contributed by atoms with Crippen molar-refractivity contribution in [1.29, 1.82) is 0 Å². The Balaban J connectivity index is 0.940. The SMILES string of the molecule is C[C@H](CCC(=O)NS(=O)(=O)OC[C@@]12OC[C@H]3OC(C)(C)O[C@H]3C1CC(C)(C)O2)[C@H]1CCC2C3C(CC[C@@]21C)[C@@]1(C)CC[C@@H](O)CC1C[C@@H]3O. The Morgan fingerprint density at radius 1 is 0.939 bits per heavy atom. The van der Waals surface area contributed by atoms with E-state index in [2.05, 4.69) is 25.5 Å². The highest BCUT2D eigenvalue weighted by Gasteiger charge is 2.65. The van der Waals surface area contributed by atoms with E-state index in [-0.39, 0.29) is 66.0 Å². The fraction of sp³-hybridized carbons (Fsp3) is 0.973. The third-order valence-corrected chi connectivity index (χ3v) is 15.6. The molecule has 11 nitrogen and oxygen atoms in total. The van der Waals surface area contributed by atoms with Gasteiger partial charge in [-0.1, -0.05) is 20.8 Å². The molecule has 4 saturated carbocycles. The highest BCUT2D eigenvalue weighted by molar-refractivity contribution is 7.85. The first-order chi connectivity index (χ1) is 22.8. The number of nitrogens with one attached hydrogen (secondary N) is 1. The molecule has 3 saturated heterocycles. The van der Waals surface area contributed by atoms with Crippen LogP contribution in [0.5, 0.6) is 0 Å². The lowest BCUT2D eigenvalue weighted by atomic mass is 9.43. The lowest BCUT2D eigenvalue weighted by molar-refractivity contribution is -0.305. The van der Waals surface area contributed by atoms with Crippen molar-refractivity contribution in [2.75, 3.05) is 13.2 Å². The van der Waals surface area contributed by atoms with Crippen LogP contribution in [0.15, 0.2) is 0 Å². The second-order valence-electron chi connectivity index (χ2n) is 18.6. The quantitative estimate of drug-likeness (QED) is 0.320. The largest absolute Gasteiger partial charge is 0.393 e. The zero-order valence-electron chi connectivity index (χ0n) is 30.6. The van der Waals surface area contributed by atoms with Crippen LogP contribution in [0.3, 0.4) is 0 Å². The molecule has 0 aromatic rings. The second-order valence-corrected chi connectivity index (χ2v) is 20.0. The number of amides is 1. The minimum atomic E-state index is -4.42. The van der Waals surface area contributed by atoms with Gasteiger partial charge in [-0.2, -0.15) is 8.42 Å². The Labute approximate surface area is 293 Å². The Kier molecular flexibility index (Phi) is 9.20. The van der Waals surface area contributed by atoms with Crippen LogP contribution >= 0.6 is 0 Å². The summed E-state index contributed by atoms with van der Waals surface area (Å²) in [5.41, 5.74) is -0.328. The zero-order chi connectivity index (χ0) is 35.4. The van der Waals surface area contributed by atoms with Crippen molar-refractivity contribution < 1.29 is 46.6 Å². The lowest BCUT2D eigenvalue weighted by Gasteiger charge is -2.62. The third kappa shape index (κ3) is 6.44. The molecule has 3 aliphatic heterocycles. The summed E-state index contributed by atoms with van der Waals surface area (Å²) in [7, 11) is -4.42. The topological polar surface area (TPSA) is 150 Å². The van der Waals surface area contributed by atoms with E-state index < -0.39 is 40.0 Å². The van der Waals surface area contributed by atoms with Gasteiger partial charge in [-0.3, -0.25) is 4.79 Å². The number of ether oxygens (including phenoxy) is 4. The highest BCUT2D eigenvalue weighted by atomic mass is 32.2. The van der Waals surface area contributed by atoms with Crippen LogP contribution in [0.1, 0.15) is 119 Å². The molecule has 0 aromatic carbocycles. The molecule has 7 fully saturated rings. The average Bonchev–Trinajstić information content (AvgIpc) is 3.62. The molecule has 5 unspecified atom stereocenters. The average molecular weight is 712 g/mol. The second kappa shape index (κ2) is 12.4. The van der Waals surface area contributed by atoms with E-state index in [0.717, 1.165) is 51.4 Å². The molecule has 0 bridgehead atoms. The normalized spacial score (nSPS) is 48.8. The summed E-state index contributed by atoms with van der Waals surface area (Å²) in [5, 5.41) is 21.9. The van der Waals surface area contributed by atoms with E-state index in [1.807, 2.05) is 27.7 Å². The smallest absolute Gasteiger partial charge is 0.362 e. The van der Waals surface area contributed by atoms with Crippen LogP contribution in [-0.2, 0) is 38.2 Å². The molecule has 0 spiro atoms. The third-order valence-electron chi connectivity index (χ3n) is 14.7. The number of rotatable bonds is 8. The van der Waals surface area contributed by atoms with Gasteiger partial charge >= 0.3 is 10.3 Å². The van der Waals surface area contributed by atoms with Crippen molar-refractivity contribution in [3.63, 3.8) is 0 Å². The molecule has 280 valence electrons. The van der Waals surface area contributed by atoms with Crippen LogP contribution in [0.4, 0.5) is 0 Å². The van der Waals surface area contributed by atoms with Gasteiger partial charge in [0.15, 0.2) is 11.6 Å². The highest BCUT2D eigenvalue weighted by Crippen LogP contribution is 2.68. The van der Waals surface area contributed by atoms with Gasteiger partial charge in [0, 0.05) is 12.3 Å². The summed E-state index contributed by atoms with van der Waals surface area (Å²) in [6.07, 6.45) is 7.91. The van der Waals surface area contributed by atoms with Crippen LogP contribution in [-0.4, -0.2) is 79.3 Å². The number of fused-ring (bicyclic) bond motifs is 8. The molecule has 0 aromatic heterocycles. The predicted octanol–water partition coefficient (Wildman–Crippen LogP) is 4.83. The Morgan fingerprint density at radius 3 is 2.41 bits per heavy atom. The molecule has 49 heavy (non-hydrogen) atoms. The number of aliphatic hydroxyl groups excluding tert-OH is 2. The first-order valence-corrected chi connectivity index (χ1v) is 20.4. The van der Waals surface area contributed by atoms with E-state index in [1.54, 1.807) is 0 Å². The van der Waals surface area contributed by atoms with Crippen LogP contribution < -0.4 is 4.72 Å². The van der Waals surface area contributed by atoms with Crippen LogP contribution in [0, 0.1) is 52.3 Å². The summed E-state index contributed by atoms with van der Waals surface area (Å²) in [6.45, 7) is 14.4. The minimum absolute atomic E-state index is 0.0789. The van der Waals surface area contributed by atoms with Gasteiger partial charge in [0.05, 0.1) is 30.5 Å². The number of hydrogen-bond acceptors (Lipinski definition) is 10. The van der Waals surface area contributed by atoms with E-state index in [1.165, 1.54) is 0 Å². The van der Waals surface area contributed by atoms with E-state index in [4.69, 9.17) is 23.1 Å². The summed E-state index contributed by atoms with van der Waals surface area (Å²) >= 11 is 0. The number of hydrogen-bond donors (Lipinski definition) is 3. The molecule has 7 aliphatic rings. The Hall–Kier alpha value is -0.860. The molecule has 0 radical (unpaired) electrons. The van der Waals surface area contributed by atoms with Crippen molar-refractivity contribution in [3.8, 4) is 0 Å². The van der Waals surface area contributed by atoms with E-state index in [0.29, 0.717) is 36.5 Å². The molecule has 1 amide bonds. The maximum absolute atomic E-state index is 13.1. The van der Waals surface area contributed by atoms with Gasteiger partial charge in [0.1, 0.15) is 12.7 Å². The summed E-state index contributed by atoms with van der Waals surface area (Å²) in [4.78, 5) is 13.0. The van der Waals surface area contributed by atoms with Gasteiger partial charge in [-0.05, 0) is 138 Å². The standard InChI is InChI=1S/C37H61NO10S/c1-21(24-9-10-25-31-26(13-15-36(24,25)7)35(6)14-12-23(39)16-22(35)17-28(31)40)8-11-30(41)38-49(42,43)45-20-37-27(18-33(2,3)48-37)32-29(19-44-37)46-34(4,5)47-32/h21-29,31-32,39-40H,8-20H2,1-7H3,(H,38,41)/t21-,22?,23-,24-,25?,26?,27?,28+,29-,31?,32+,35+,36-,37+/m1/s1. The molecule has 3 N–H and O–H groups in total.